The van der Waals surface area contributed by atoms with Crippen LogP contribution >= 0.6 is 23.2 Å². The van der Waals surface area contributed by atoms with E-state index in [2.05, 4.69) is 4.98 Å². The number of hydrogen-bond acceptors (Lipinski definition) is 3. The standard InChI is InChI=1S/C15H15Cl2N3O/c1-2-20(9-10-4-3-5-11(16)6-10)15(21)13-7-12(18)8-19-14(13)17/h3-8H,2,9,18H2,1H3. The highest BCUT2D eigenvalue weighted by Gasteiger charge is 2.18. The van der Waals surface area contributed by atoms with Crippen LogP contribution in [-0.4, -0.2) is 22.3 Å². The SMILES string of the molecule is CCN(Cc1cccc(Cl)c1)C(=O)c1cc(N)cnc1Cl. The van der Waals surface area contributed by atoms with Gasteiger partial charge in [-0.05, 0) is 30.7 Å². The van der Waals surface area contributed by atoms with Gasteiger partial charge in [0.15, 0.2) is 0 Å². The fourth-order valence-electron chi connectivity index (χ4n) is 1.97. The molecule has 0 aliphatic heterocycles. The molecule has 1 aromatic heterocycles. The molecule has 0 aliphatic rings. The molecule has 0 spiro atoms. The highest BCUT2D eigenvalue weighted by atomic mass is 35.5. The molecule has 4 nitrogen and oxygen atoms in total. The predicted octanol–water partition coefficient (Wildman–Crippen LogP) is 3.63. The molecule has 0 atom stereocenters. The van der Waals surface area contributed by atoms with E-state index in [1.165, 1.54) is 12.3 Å². The number of amides is 1. The number of aromatic nitrogens is 1. The van der Waals surface area contributed by atoms with E-state index in [9.17, 15) is 4.79 Å². The fraction of sp³-hybridized carbons (Fsp3) is 0.200. The van der Waals surface area contributed by atoms with Crippen LogP contribution in [0.4, 0.5) is 5.69 Å². The van der Waals surface area contributed by atoms with Gasteiger partial charge < -0.3 is 10.6 Å². The first-order chi connectivity index (χ1) is 10.0. The van der Waals surface area contributed by atoms with Crippen molar-refractivity contribution in [3.05, 3.63) is 57.8 Å². The van der Waals surface area contributed by atoms with Gasteiger partial charge in [-0.2, -0.15) is 0 Å². The van der Waals surface area contributed by atoms with Crippen LogP contribution in [0, 0.1) is 0 Å². The Morgan fingerprint density at radius 3 is 2.76 bits per heavy atom. The summed E-state index contributed by atoms with van der Waals surface area (Å²) in [6, 6.07) is 8.93. The Morgan fingerprint density at radius 1 is 1.33 bits per heavy atom. The maximum Gasteiger partial charge on any atom is 0.257 e. The number of halogens is 2. The molecule has 1 heterocycles. The van der Waals surface area contributed by atoms with E-state index in [1.54, 1.807) is 11.0 Å². The lowest BCUT2D eigenvalue weighted by Crippen LogP contribution is -2.30. The van der Waals surface area contributed by atoms with Crippen LogP contribution in [-0.2, 0) is 6.54 Å². The second-order valence-corrected chi connectivity index (χ2v) is 5.35. The first-order valence-electron chi connectivity index (χ1n) is 6.46. The maximum atomic E-state index is 12.6. The third-order valence-corrected chi connectivity index (χ3v) is 3.56. The number of hydrogen-bond donors (Lipinski definition) is 1. The van der Waals surface area contributed by atoms with Gasteiger partial charge in [0.25, 0.3) is 5.91 Å². The summed E-state index contributed by atoms with van der Waals surface area (Å²) in [5, 5.41) is 0.790. The molecule has 1 amide bonds. The first kappa shape index (κ1) is 15.6. The molecule has 0 saturated carbocycles. The Balaban J connectivity index is 2.24. The van der Waals surface area contributed by atoms with E-state index < -0.39 is 0 Å². The molecule has 6 heteroatoms. The Morgan fingerprint density at radius 2 is 2.10 bits per heavy atom. The van der Waals surface area contributed by atoms with Crippen LogP contribution < -0.4 is 5.73 Å². The number of nitrogen functional groups attached to an aromatic ring is 1. The lowest BCUT2D eigenvalue weighted by atomic mass is 10.2. The van der Waals surface area contributed by atoms with Gasteiger partial charge in [0, 0.05) is 18.1 Å². The highest BCUT2D eigenvalue weighted by molar-refractivity contribution is 6.32. The van der Waals surface area contributed by atoms with Crippen molar-refractivity contribution in [3.63, 3.8) is 0 Å². The number of pyridine rings is 1. The van der Waals surface area contributed by atoms with Crippen LogP contribution in [0.1, 0.15) is 22.8 Å². The van der Waals surface area contributed by atoms with E-state index in [0.29, 0.717) is 29.4 Å². The van der Waals surface area contributed by atoms with E-state index >= 15 is 0 Å². The van der Waals surface area contributed by atoms with E-state index in [1.807, 2.05) is 25.1 Å². The van der Waals surface area contributed by atoms with Crippen molar-refractivity contribution in [1.29, 1.82) is 0 Å². The minimum atomic E-state index is -0.206. The molecule has 0 unspecified atom stereocenters. The average Bonchev–Trinajstić information content (AvgIpc) is 2.46. The summed E-state index contributed by atoms with van der Waals surface area (Å²) in [5.74, 6) is -0.206. The lowest BCUT2D eigenvalue weighted by Gasteiger charge is -2.21. The number of benzene rings is 1. The summed E-state index contributed by atoms with van der Waals surface area (Å²) in [5.41, 5.74) is 7.33. The molecule has 2 N–H and O–H groups in total. The largest absolute Gasteiger partial charge is 0.397 e. The Bertz CT molecular complexity index is 661. The van der Waals surface area contributed by atoms with Crippen molar-refractivity contribution >= 4 is 34.8 Å². The molecule has 0 saturated heterocycles. The number of nitrogens with zero attached hydrogens (tertiary/aromatic N) is 2. The van der Waals surface area contributed by atoms with Crippen LogP contribution in [0.15, 0.2) is 36.5 Å². The van der Waals surface area contributed by atoms with Crippen LogP contribution in [0.2, 0.25) is 10.2 Å². The van der Waals surface area contributed by atoms with Crippen molar-refractivity contribution < 1.29 is 4.79 Å². The monoisotopic (exact) mass is 323 g/mol. The quantitative estimate of drug-likeness (QED) is 0.874. The van der Waals surface area contributed by atoms with Gasteiger partial charge in [0.1, 0.15) is 5.15 Å². The number of carbonyl (C=O) groups is 1. The zero-order valence-corrected chi connectivity index (χ0v) is 13.0. The van der Waals surface area contributed by atoms with Gasteiger partial charge in [0.05, 0.1) is 17.4 Å². The van der Waals surface area contributed by atoms with E-state index in [4.69, 9.17) is 28.9 Å². The summed E-state index contributed by atoms with van der Waals surface area (Å²) in [6.45, 7) is 2.88. The molecule has 1 aromatic carbocycles. The lowest BCUT2D eigenvalue weighted by molar-refractivity contribution is 0.0752. The van der Waals surface area contributed by atoms with Gasteiger partial charge in [0.2, 0.25) is 0 Å². The van der Waals surface area contributed by atoms with Crippen molar-refractivity contribution in [3.8, 4) is 0 Å². The zero-order chi connectivity index (χ0) is 15.4. The van der Waals surface area contributed by atoms with Crippen LogP contribution in [0.3, 0.4) is 0 Å². The Hall–Kier alpha value is -1.78. The van der Waals surface area contributed by atoms with Gasteiger partial charge in [-0.15, -0.1) is 0 Å². The third-order valence-electron chi connectivity index (χ3n) is 3.02. The number of carbonyl (C=O) groups excluding carboxylic acids is 1. The second-order valence-electron chi connectivity index (χ2n) is 4.56. The van der Waals surface area contributed by atoms with E-state index in [-0.39, 0.29) is 11.1 Å². The topological polar surface area (TPSA) is 59.2 Å². The first-order valence-corrected chi connectivity index (χ1v) is 7.21. The normalized spacial score (nSPS) is 10.4. The van der Waals surface area contributed by atoms with Gasteiger partial charge in [-0.25, -0.2) is 4.98 Å². The summed E-state index contributed by atoms with van der Waals surface area (Å²) in [6.07, 6.45) is 1.42. The van der Waals surface area contributed by atoms with Crippen molar-refractivity contribution in [2.45, 2.75) is 13.5 Å². The maximum absolute atomic E-state index is 12.6. The Labute approximate surface area is 133 Å². The highest BCUT2D eigenvalue weighted by Crippen LogP contribution is 2.19. The molecule has 0 bridgehead atoms. The van der Waals surface area contributed by atoms with Crippen LogP contribution in [0.25, 0.3) is 0 Å². The smallest absolute Gasteiger partial charge is 0.257 e. The second kappa shape index (κ2) is 6.78. The predicted molar refractivity (Wildman–Crippen MR) is 85.5 cm³/mol. The van der Waals surface area contributed by atoms with Gasteiger partial charge in [-0.1, -0.05) is 35.3 Å². The number of anilines is 1. The summed E-state index contributed by atoms with van der Waals surface area (Å²) < 4.78 is 0. The molecule has 0 aliphatic carbocycles. The average molecular weight is 324 g/mol. The molecule has 21 heavy (non-hydrogen) atoms. The molecule has 2 aromatic rings. The third kappa shape index (κ3) is 3.86. The molecular formula is C15H15Cl2N3O. The fourth-order valence-corrected chi connectivity index (χ4v) is 2.36. The number of nitrogens with two attached hydrogens (primary N) is 1. The van der Waals surface area contributed by atoms with Gasteiger partial charge in [-0.3, -0.25) is 4.79 Å². The van der Waals surface area contributed by atoms with Crippen molar-refractivity contribution in [1.82, 2.24) is 9.88 Å². The minimum Gasteiger partial charge on any atom is -0.397 e. The van der Waals surface area contributed by atoms with E-state index in [0.717, 1.165) is 5.56 Å². The van der Waals surface area contributed by atoms with Crippen molar-refractivity contribution in [2.24, 2.45) is 0 Å². The Kier molecular flexibility index (Phi) is 5.04. The molecule has 0 radical (unpaired) electrons. The van der Waals surface area contributed by atoms with Gasteiger partial charge >= 0.3 is 0 Å². The van der Waals surface area contributed by atoms with Crippen LogP contribution in [0.5, 0.6) is 0 Å². The number of rotatable bonds is 4. The summed E-state index contributed by atoms with van der Waals surface area (Å²) in [7, 11) is 0. The summed E-state index contributed by atoms with van der Waals surface area (Å²) in [4.78, 5) is 18.1. The zero-order valence-electron chi connectivity index (χ0n) is 11.5. The van der Waals surface area contributed by atoms with Crippen molar-refractivity contribution in [2.75, 3.05) is 12.3 Å². The summed E-state index contributed by atoms with van der Waals surface area (Å²) >= 11 is 11.9. The molecule has 2 rings (SSSR count). The molecular weight excluding hydrogens is 309 g/mol. The molecule has 110 valence electrons. The minimum absolute atomic E-state index is 0.152. The molecule has 0 fully saturated rings.